The number of nitro benzene ring substituents is 1. The lowest BCUT2D eigenvalue weighted by atomic mass is 10.3. The van der Waals surface area contributed by atoms with Gasteiger partial charge in [0.15, 0.2) is 0 Å². The van der Waals surface area contributed by atoms with E-state index in [4.69, 9.17) is 11.6 Å². The topological polar surface area (TPSA) is 43.1 Å². The van der Waals surface area contributed by atoms with Crippen LogP contribution in [-0.2, 0) is 0 Å². The van der Waals surface area contributed by atoms with Crippen LogP contribution in [0.4, 0.5) is 5.69 Å². The molecule has 0 spiro atoms. The van der Waals surface area contributed by atoms with Gasteiger partial charge in [-0.3, -0.25) is 10.1 Å². The van der Waals surface area contributed by atoms with Gasteiger partial charge in [0.25, 0.3) is 0 Å². The molecule has 92 valence electrons. The molecular weight excluding hydrogens is 338 g/mol. The predicted octanol–water partition coefficient (Wildman–Crippen LogP) is 5.16. The Morgan fingerprint density at radius 2 is 1.94 bits per heavy atom. The summed E-state index contributed by atoms with van der Waals surface area (Å²) in [6, 6.07) is 12.5. The van der Waals surface area contributed by atoms with Crippen LogP contribution in [0.15, 0.2) is 56.7 Å². The number of rotatable bonds is 3. The van der Waals surface area contributed by atoms with Crippen molar-refractivity contribution >= 4 is 45.0 Å². The maximum atomic E-state index is 11.0. The first kappa shape index (κ1) is 13.4. The largest absolute Gasteiger partial charge is 0.301 e. The van der Waals surface area contributed by atoms with Crippen LogP contribution < -0.4 is 0 Å². The fourth-order valence-corrected chi connectivity index (χ4v) is 3.28. The van der Waals surface area contributed by atoms with Gasteiger partial charge in [0.05, 0.1) is 9.82 Å². The average molecular weight is 345 g/mol. The van der Waals surface area contributed by atoms with Gasteiger partial charge in [0.2, 0.25) is 0 Å². The quantitative estimate of drug-likeness (QED) is 0.570. The third kappa shape index (κ3) is 3.04. The average Bonchev–Trinajstić information content (AvgIpc) is 2.28. The third-order valence-electron chi connectivity index (χ3n) is 2.16. The highest BCUT2D eigenvalue weighted by atomic mass is 79.9. The second-order valence-electron chi connectivity index (χ2n) is 3.40. The minimum Gasteiger partial charge on any atom is -0.258 e. The van der Waals surface area contributed by atoms with E-state index in [-0.39, 0.29) is 10.7 Å². The monoisotopic (exact) mass is 343 g/mol. The smallest absolute Gasteiger partial charge is 0.258 e. The number of hydrogen-bond donors (Lipinski definition) is 0. The molecule has 0 aliphatic carbocycles. The van der Waals surface area contributed by atoms with Crippen molar-refractivity contribution in [2.75, 3.05) is 0 Å². The maximum Gasteiger partial charge on any atom is 0.301 e. The Balaban J connectivity index is 2.40. The van der Waals surface area contributed by atoms with Crippen LogP contribution in [0, 0.1) is 10.1 Å². The van der Waals surface area contributed by atoms with E-state index in [0.29, 0.717) is 4.90 Å². The molecule has 6 heteroatoms. The third-order valence-corrected chi connectivity index (χ3v) is 3.99. The standard InChI is InChI=1S/C12H7BrClNO2S/c13-8-3-1-4-9(7-8)18-11-6-2-5-10(14)12(11)15(16)17/h1-7H. The number of nitrogens with zero attached hydrogens (tertiary/aromatic N) is 1. The Morgan fingerprint density at radius 1 is 1.22 bits per heavy atom. The van der Waals surface area contributed by atoms with Crippen molar-refractivity contribution in [3.8, 4) is 0 Å². The molecule has 0 aromatic heterocycles. The first-order chi connectivity index (χ1) is 8.58. The van der Waals surface area contributed by atoms with E-state index in [1.54, 1.807) is 12.1 Å². The molecule has 3 nitrogen and oxygen atoms in total. The highest BCUT2D eigenvalue weighted by Gasteiger charge is 2.18. The molecule has 0 amide bonds. The highest BCUT2D eigenvalue weighted by Crippen LogP contribution is 2.39. The summed E-state index contributed by atoms with van der Waals surface area (Å²) in [5, 5.41) is 11.2. The van der Waals surface area contributed by atoms with Gasteiger partial charge in [-0.15, -0.1) is 0 Å². The Morgan fingerprint density at radius 3 is 2.61 bits per heavy atom. The van der Waals surface area contributed by atoms with Gasteiger partial charge in [0, 0.05) is 9.37 Å². The molecule has 2 rings (SSSR count). The molecule has 0 heterocycles. The number of benzene rings is 2. The second kappa shape index (κ2) is 5.73. The number of halogens is 2. The molecule has 0 fully saturated rings. The van der Waals surface area contributed by atoms with Crippen molar-refractivity contribution in [2.45, 2.75) is 9.79 Å². The first-order valence-electron chi connectivity index (χ1n) is 4.94. The summed E-state index contributed by atoms with van der Waals surface area (Å²) in [7, 11) is 0. The zero-order valence-corrected chi connectivity index (χ0v) is 12.1. The lowest BCUT2D eigenvalue weighted by Crippen LogP contribution is -1.91. The van der Waals surface area contributed by atoms with Crippen molar-refractivity contribution in [3.63, 3.8) is 0 Å². The molecule has 0 N–H and O–H groups in total. The summed E-state index contributed by atoms with van der Waals surface area (Å²) in [4.78, 5) is 12.0. The SMILES string of the molecule is O=[N+]([O-])c1c(Cl)cccc1Sc1cccc(Br)c1. The van der Waals surface area contributed by atoms with Gasteiger partial charge in [0.1, 0.15) is 5.02 Å². The summed E-state index contributed by atoms with van der Waals surface area (Å²) < 4.78 is 0.928. The zero-order chi connectivity index (χ0) is 13.1. The van der Waals surface area contributed by atoms with E-state index in [0.717, 1.165) is 9.37 Å². The molecule has 18 heavy (non-hydrogen) atoms. The molecular formula is C12H7BrClNO2S. The van der Waals surface area contributed by atoms with E-state index in [9.17, 15) is 10.1 Å². The van der Waals surface area contributed by atoms with Crippen LogP contribution in [0.2, 0.25) is 5.02 Å². The Hall–Kier alpha value is -1.04. The predicted molar refractivity (Wildman–Crippen MR) is 76.4 cm³/mol. The van der Waals surface area contributed by atoms with Gasteiger partial charge in [-0.25, -0.2) is 0 Å². The number of nitro groups is 1. The first-order valence-corrected chi connectivity index (χ1v) is 6.93. The lowest BCUT2D eigenvalue weighted by Gasteiger charge is -2.04. The van der Waals surface area contributed by atoms with Crippen molar-refractivity contribution in [1.82, 2.24) is 0 Å². The fraction of sp³-hybridized carbons (Fsp3) is 0. The van der Waals surface area contributed by atoms with E-state index in [1.165, 1.54) is 17.8 Å². The van der Waals surface area contributed by atoms with Gasteiger partial charge in [-0.1, -0.05) is 51.4 Å². The van der Waals surface area contributed by atoms with Crippen LogP contribution in [0.5, 0.6) is 0 Å². The minimum absolute atomic E-state index is 0.0517. The molecule has 0 unspecified atom stereocenters. The highest BCUT2D eigenvalue weighted by molar-refractivity contribution is 9.10. The van der Waals surface area contributed by atoms with Crippen LogP contribution >= 0.6 is 39.3 Å². The summed E-state index contributed by atoms with van der Waals surface area (Å²) in [5.41, 5.74) is -0.0517. The minimum atomic E-state index is -0.456. The molecule has 0 atom stereocenters. The molecule has 0 bridgehead atoms. The van der Waals surface area contributed by atoms with Gasteiger partial charge in [-0.05, 0) is 30.3 Å². The van der Waals surface area contributed by atoms with Crippen molar-refractivity contribution in [3.05, 3.63) is 62.1 Å². The molecule has 2 aromatic carbocycles. The zero-order valence-electron chi connectivity index (χ0n) is 8.97. The maximum absolute atomic E-state index is 11.0. The fourth-order valence-electron chi connectivity index (χ4n) is 1.41. The van der Waals surface area contributed by atoms with E-state index in [1.807, 2.05) is 24.3 Å². The molecule has 0 aliphatic heterocycles. The van der Waals surface area contributed by atoms with Gasteiger partial charge in [-0.2, -0.15) is 0 Å². The number of hydrogen-bond acceptors (Lipinski definition) is 3. The Bertz CT molecular complexity index is 606. The van der Waals surface area contributed by atoms with Crippen molar-refractivity contribution < 1.29 is 4.92 Å². The molecule has 0 saturated carbocycles. The van der Waals surface area contributed by atoms with E-state index < -0.39 is 4.92 Å². The summed E-state index contributed by atoms with van der Waals surface area (Å²) in [6.45, 7) is 0. The van der Waals surface area contributed by atoms with Gasteiger partial charge >= 0.3 is 5.69 Å². The normalized spacial score (nSPS) is 10.3. The van der Waals surface area contributed by atoms with E-state index >= 15 is 0 Å². The lowest BCUT2D eigenvalue weighted by molar-refractivity contribution is -0.387. The van der Waals surface area contributed by atoms with Crippen LogP contribution in [0.3, 0.4) is 0 Å². The summed E-state index contributed by atoms with van der Waals surface area (Å²) >= 11 is 10.5. The molecule has 0 aliphatic rings. The van der Waals surface area contributed by atoms with Crippen molar-refractivity contribution in [1.29, 1.82) is 0 Å². The van der Waals surface area contributed by atoms with Crippen LogP contribution in [0.1, 0.15) is 0 Å². The van der Waals surface area contributed by atoms with E-state index in [2.05, 4.69) is 15.9 Å². The Labute approximate surface area is 121 Å². The molecule has 0 saturated heterocycles. The second-order valence-corrected chi connectivity index (χ2v) is 5.84. The van der Waals surface area contributed by atoms with Gasteiger partial charge < -0.3 is 0 Å². The van der Waals surface area contributed by atoms with Crippen molar-refractivity contribution in [2.24, 2.45) is 0 Å². The summed E-state index contributed by atoms with van der Waals surface area (Å²) in [5.74, 6) is 0. The van der Waals surface area contributed by atoms with Crippen LogP contribution in [-0.4, -0.2) is 4.92 Å². The summed E-state index contributed by atoms with van der Waals surface area (Å²) in [6.07, 6.45) is 0. The Kier molecular flexibility index (Phi) is 4.27. The van der Waals surface area contributed by atoms with Crippen LogP contribution in [0.25, 0.3) is 0 Å². The molecule has 2 aromatic rings. The number of para-hydroxylation sites is 1. The molecule has 0 radical (unpaired) electrons.